The van der Waals surface area contributed by atoms with E-state index in [1.54, 1.807) is 0 Å². The Kier molecular flexibility index (Phi) is 7.03. The molecular weight excluding hydrogens is 309 g/mol. The Morgan fingerprint density at radius 3 is 2.65 bits per heavy atom. The van der Waals surface area contributed by atoms with Crippen LogP contribution in [0.15, 0.2) is 18.2 Å². The molecule has 1 aromatic carbocycles. The predicted molar refractivity (Wildman–Crippen MR) is 92.3 cm³/mol. The van der Waals surface area contributed by atoms with Gasteiger partial charge in [-0.05, 0) is 43.5 Å². The van der Waals surface area contributed by atoms with Crippen molar-refractivity contribution in [3.05, 3.63) is 33.8 Å². The van der Waals surface area contributed by atoms with E-state index in [-0.39, 0.29) is 0 Å². The van der Waals surface area contributed by atoms with Crippen molar-refractivity contribution < 1.29 is 0 Å². The highest BCUT2D eigenvalue weighted by molar-refractivity contribution is 7.99. The molecule has 0 aliphatic heterocycles. The van der Waals surface area contributed by atoms with Crippen molar-refractivity contribution in [1.29, 1.82) is 0 Å². The van der Waals surface area contributed by atoms with Gasteiger partial charge in [-0.25, -0.2) is 0 Å². The maximum absolute atomic E-state index is 6.10. The Morgan fingerprint density at radius 2 is 2.00 bits per heavy atom. The first kappa shape index (κ1) is 16.5. The maximum Gasteiger partial charge on any atom is 0.0595 e. The van der Waals surface area contributed by atoms with Crippen molar-refractivity contribution >= 4 is 35.0 Å². The first-order valence-corrected chi connectivity index (χ1v) is 9.28. The lowest BCUT2D eigenvalue weighted by atomic mass is 10.1. The summed E-state index contributed by atoms with van der Waals surface area (Å²) in [6.45, 7) is 3.18. The van der Waals surface area contributed by atoms with Crippen molar-refractivity contribution in [3.8, 4) is 0 Å². The molecular formula is C16H23Cl2NS. The van der Waals surface area contributed by atoms with Crippen molar-refractivity contribution in [3.63, 3.8) is 0 Å². The third-order valence-electron chi connectivity index (χ3n) is 3.79. The van der Waals surface area contributed by atoms with E-state index in [0.29, 0.717) is 16.1 Å². The Morgan fingerprint density at radius 1 is 1.25 bits per heavy atom. The molecule has 2 rings (SSSR count). The van der Waals surface area contributed by atoms with E-state index in [0.717, 1.165) is 18.2 Å². The summed E-state index contributed by atoms with van der Waals surface area (Å²) in [5.41, 5.74) is 1.26. The molecule has 1 N–H and O–H groups in total. The molecule has 0 aromatic heterocycles. The summed E-state index contributed by atoms with van der Waals surface area (Å²) in [7, 11) is 0. The van der Waals surface area contributed by atoms with Crippen molar-refractivity contribution in [1.82, 2.24) is 5.32 Å². The van der Waals surface area contributed by atoms with Crippen LogP contribution in [0, 0.1) is 0 Å². The van der Waals surface area contributed by atoms with E-state index in [1.807, 2.05) is 12.1 Å². The maximum atomic E-state index is 6.10. The van der Waals surface area contributed by atoms with E-state index in [1.165, 1.54) is 37.0 Å². The average Bonchev–Trinajstić information content (AvgIpc) is 2.94. The summed E-state index contributed by atoms with van der Waals surface area (Å²) in [5, 5.41) is 5.76. The summed E-state index contributed by atoms with van der Waals surface area (Å²) in [6, 6.07) is 6.49. The lowest BCUT2D eigenvalue weighted by Gasteiger charge is -2.20. The number of thioether (sulfide) groups is 1. The highest BCUT2D eigenvalue weighted by atomic mass is 35.5. The van der Waals surface area contributed by atoms with Crippen LogP contribution >= 0.6 is 35.0 Å². The topological polar surface area (TPSA) is 12.0 Å². The van der Waals surface area contributed by atoms with E-state index < -0.39 is 0 Å². The average molecular weight is 332 g/mol. The van der Waals surface area contributed by atoms with Crippen LogP contribution in [0.25, 0.3) is 0 Å². The summed E-state index contributed by atoms with van der Waals surface area (Å²) < 4.78 is 0. The fourth-order valence-electron chi connectivity index (χ4n) is 2.74. The molecule has 0 amide bonds. The molecule has 1 unspecified atom stereocenters. The van der Waals surface area contributed by atoms with Crippen LogP contribution in [0.1, 0.15) is 38.2 Å². The normalized spacial score (nSPS) is 17.6. The van der Waals surface area contributed by atoms with Crippen LogP contribution in [0.5, 0.6) is 0 Å². The first-order chi connectivity index (χ1) is 9.69. The third-order valence-corrected chi connectivity index (χ3v) is 6.07. The second-order valence-electron chi connectivity index (χ2n) is 5.45. The van der Waals surface area contributed by atoms with Crippen LogP contribution in [0.4, 0.5) is 0 Å². The standard InChI is InChI=1S/C16H23Cl2NS/c1-2-19-13(11-20-14-5-3-4-6-14)9-12-7-8-15(17)16(18)10-12/h7-8,10,13-14,19H,2-6,9,11H2,1H3. The van der Waals surface area contributed by atoms with E-state index in [2.05, 4.69) is 30.1 Å². The van der Waals surface area contributed by atoms with E-state index in [9.17, 15) is 0 Å². The van der Waals surface area contributed by atoms with Crippen LogP contribution in [-0.2, 0) is 6.42 Å². The minimum absolute atomic E-state index is 0.517. The monoisotopic (exact) mass is 331 g/mol. The zero-order chi connectivity index (χ0) is 14.4. The van der Waals surface area contributed by atoms with Gasteiger partial charge in [0.2, 0.25) is 0 Å². The lowest BCUT2D eigenvalue weighted by molar-refractivity contribution is 0.572. The molecule has 112 valence electrons. The Bertz CT molecular complexity index is 419. The molecule has 1 saturated carbocycles. The van der Waals surface area contributed by atoms with Gasteiger partial charge in [0.25, 0.3) is 0 Å². The summed E-state index contributed by atoms with van der Waals surface area (Å²) in [5.74, 6) is 1.18. The van der Waals surface area contributed by atoms with Gasteiger partial charge in [-0.15, -0.1) is 0 Å². The predicted octanol–water partition coefficient (Wildman–Crippen LogP) is 5.19. The van der Waals surface area contributed by atoms with Crippen LogP contribution in [0.2, 0.25) is 10.0 Å². The van der Waals surface area contributed by atoms with E-state index in [4.69, 9.17) is 23.2 Å². The quantitative estimate of drug-likeness (QED) is 0.737. The van der Waals surface area contributed by atoms with Gasteiger partial charge in [0.15, 0.2) is 0 Å². The molecule has 1 aliphatic carbocycles. The van der Waals surface area contributed by atoms with Crippen LogP contribution < -0.4 is 5.32 Å². The third kappa shape index (κ3) is 5.14. The van der Waals surface area contributed by atoms with Gasteiger partial charge >= 0.3 is 0 Å². The zero-order valence-corrected chi connectivity index (χ0v) is 14.3. The second kappa shape index (κ2) is 8.53. The summed E-state index contributed by atoms with van der Waals surface area (Å²) in [6.07, 6.45) is 6.64. The molecule has 0 saturated heterocycles. The first-order valence-electron chi connectivity index (χ1n) is 7.48. The summed E-state index contributed by atoms with van der Waals surface area (Å²) in [4.78, 5) is 0. The largest absolute Gasteiger partial charge is 0.313 e. The van der Waals surface area contributed by atoms with Gasteiger partial charge in [-0.1, -0.05) is 49.0 Å². The van der Waals surface area contributed by atoms with Gasteiger partial charge in [0.1, 0.15) is 0 Å². The molecule has 1 aromatic rings. The van der Waals surface area contributed by atoms with E-state index >= 15 is 0 Å². The number of hydrogen-bond donors (Lipinski definition) is 1. The van der Waals surface area contributed by atoms with Crippen molar-refractivity contribution in [2.45, 2.75) is 50.3 Å². The lowest BCUT2D eigenvalue weighted by Crippen LogP contribution is -2.33. The molecule has 0 radical (unpaired) electrons. The van der Waals surface area contributed by atoms with Gasteiger partial charge in [0.05, 0.1) is 10.0 Å². The fraction of sp³-hybridized carbons (Fsp3) is 0.625. The fourth-order valence-corrected chi connectivity index (χ4v) is 4.46. The highest BCUT2D eigenvalue weighted by Gasteiger charge is 2.18. The molecule has 0 bridgehead atoms. The minimum atomic E-state index is 0.517. The van der Waals surface area contributed by atoms with Crippen molar-refractivity contribution in [2.24, 2.45) is 0 Å². The zero-order valence-electron chi connectivity index (χ0n) is 12.0. The van der Waals surface area contributed by atoms with Gasteiger partial charge in [-0.3, -0.25) is 0 Å². The van der Waals surface area contributed by atoms with Crippen molar-refractivity contribution in [2.75, 3.05) is 12.3 Å². The highest BCUT2D eigenvalue weighted by Crippen LogP contribution is 2.30. The van der Waals surface area contributed by atoms with Crippen LogP contribution in [0.3, 0.4) is 0 Å². The Hall–Kier alpha value is 0.110. The van der Waals surface area contributed by atoms with Gasteiger partial charge in [0, 0.05) is 17.0 Å². The SMILES string of the molecule is CCNC(CSC1CCCC1)Cc1ccc(Cl)c(Cl)c1. The molecule has 1 atom stereocenters. The number of hydrogen-bond acceptors (Lipinski definition) is 2. The van der Waals surface area contributed by atoms with Gasteiger partial charge in [-0.2, -0.15) is 11.8 Å². The molecule has 4 heteroatoms. The molecule has 1 fully saturated rings. The molecule has 0 heterocycles. The smallest absolute Gasteiger partial charge is 0.0595 e. The Balaban J connectivity index is 1.88. The van der Waals surface area contributed by atoms with Crippen LogP contribution in [-0.4, -0.2) is 23.6 Å². The van der Waals surface area contributed by atoms with Gasteiger partial charge < -0.3 is 5.32 Å². The molecule has 20 heavy (non-hydrogen) atoms. The molecule has 0 spiro atoms. The number of likely N-dealkylation sites (N-methyl/N-ethyl adjacent to an activating group) is 1. The second-order valence-corrected chi connectivity index (χ2v) is 7.59. The number of rotatable bonds is 7. The Labute approximate surface area is 136 Å². The minimum Gasteiger partial charge on any atom is -0.313 e. The number of nitrogens with one attached hydrogen (secondary N) is 1. The summed E-state index contributed by atoms with van der Waals surface area (Å²) >= 11 is 14.2. The number of halogens is 2. The number of benzene rings is 1. The molecule has 1 aliphatic rings. The molecule has 1 nitrogen and oxygen atoms in total.